The highest BCUT2D eigenvalue weighted by Gasteiger charge is 2.18. The summed E-state index contributed by atoms with van der Waals surface area (Å²) in [5.41, 5.74) is 0.413. The number of esters is 1. The molecule has 0 saturated carbocycles. The molecule has 0 aromatic carbocycles. The maximum Gasteiger partial charge on any atom is 0.333 e. The van der Waals surface area contributed by atoms with E-state index in [-0.39, 0.29) is 12.1 Å². The molecule has 8 nitrogen and oxygen atoms in total. The van der Waals surface area contributed by atoms with Crippen molar-refractivity contribution in [1.82, 2.24) is 0 Å². The molecule has 1 N–H and O–H groups in total. The number of rotatable bonds is 6. The number of carbonyl (C=O) groups excluding carboxylic acids is 1. The van der Waals surface area contributed by atoms with Crippen LogP contribution in [0.3, 0.4) is 0 Å². The van der Waals surface area contributed by atoms with Crippen molar-refractivity contribution in [3.8, 4) is 0 Å². The Balaban J connectivity index is 0. The van der Waals surface area contributed by atoms with E-state index in [0.29, 0.717) is 29.8 Å². The highest BCUT2D eigenvalue weighted by molar-refractivity contribution is 5.86. The lowest BCUT2D eigenvalue weighted by Crippen LogP contribution is -2.46. The zero-order chi connectivity index (χ0) is 15.6. The van der Waals surface area contributed by atoms with Crippen LogP contribution in [0.4, 0.5) is 0 Å². The Labute approximate surface area is 112 Å². The molecule has 0 bridgehead atoms. The lowest BCUT2D eigenvalue weighted by Gasteiger charge is -2.30. The van der Waals surface area contributed by atoms with E-state index in [2.05, 4.69) is 6.58 Å². The molecule has 0 spiro atoms. The third-order valence-electron chi connectivity index (χ3n) is 2.04. The van der Waals surface area contributed by atoms with Gasteiger partial charge in [0.05, 0.1) is 19.2 Å². The summed E-state index contributed by atoms with van der Waals surface area (Å²) < 4.78 is 5.61. The Morgan fingerprint density at radius 2 is 1.89 bits per heavy atom. The van der Waals surface area contributed by atoms with Crippen molar-refractivity contribution in [3.63, 3.8) is 0 Å². The molecule has 0 amide bonds. The number of ether oxygens (including phenoxy) is 1. The highest BCUT2D eigenvalue weighted by Crippen LogP contribution is 2.00. The van der Waals surface area contributed by atoms with Crippen LogP contribution in [0, 0.1) is 15.3 Å². The van der Waals surface area contributed by atoms with Gasteiger partial charge in [0.15, 0.2) is 0 Å². The summed E-state index contributed by atoms with van der Waals surface area (Å²) in [5.74, 6) is -0.355. The standard InChI is InChI=1S/C11H22NO3.NO3/c1-9(2)11(14)15-7-6-12(4,5)8-10(3)13;2-1(3)4/h10,13H,1,6-8H2,2-5H3;/q+1;-1. The molecule has 0 aliphatic rings. The molecule has 0 radical (unpaired) electrons. The molecule has 0 rings (SSSR count). The third kappa shape index (κ3) is 16.3. The summed E-state index contributed by atoms with van der Waals surface area (Å²) in [5, 5.41) is 24.0. The summed E-state index contributed by atoms with van der Waals surface area (Å²) in [6.07, 6.45) is -0.350. The summed E-state index contributed by atoms with van der Waals surface area (Å²) >= 11 is 0. The van der Waals surface area contributed by atoms with E-state index in [1.165, 1.54) is 0 Å². The molecule has 8 heteroatoms. The Morgan fingerprint density at radius 3 is 2.21 bits per heavy atom. The average Bonchev–Trinajstić information content (AvgIpc) is 2.13. The van der Waals surface area contributed by atoms with Crippen molar-refractivity contribution in [2.75, 3.05) is 33.8 Å². The van der Waals surface area contributed by atoms with Gasteiger partial charge in [-0.3, -0.25) is 0 Å². The molecule has 0 aromatic rings. The highest BCUT2D eigenvalue weighted by atomic mass is 16.9. The molecule has 1 atom stereocenters. The van der Waals surface area contributed by atoms with Gasteiger partial charge in [0.1, 0.15) is 25.8 Å². The van der Waals surface area contributed by atoms with Crippen LogP contribution < -0.4 is 0 Å². The van der Waals surface area contributed by atoms with Gasteiger partial charge in [0, 0.05) is 5.57 Å². The first-order chi connectivity index (χ1) is 8.48. The summed E-state index contributed by atoms with van der Waals surface area (Å²) in [4.78, 5) is 19.3. The molecule has 0 heterocycles. The number of hydrogen-bond acceptors (Lipinski definition) is 6. The van der Waals surface area contributed by atoms with E-state index in [1.54, 1.807) is 13.8 Å². The average molecular weight is 278 g/mol. The van der Waals surface area contributed by atoms with Gasteiger partial charge >= 0.3 is 5.97 Å². The van der Waals surface area contributed by atoms with Gasteiger partial charge in [0.2, 0.25) is 0 Å². The predicted octanol–water partition coefficient (Wildman–Crippen LogP) is 0.324. The van der Waals surface area contributed by atoms with Gasteiger partial charge in [-0.25, -0.2) is 4.79 Å². The molecule has 0 aromatic heterocycles. The molecule has 1 unspecified atom stereocenters. The lowest BCUT2D eigenvalue weighted by molar-refractivity contribution is -0.893. The van der Waals surface area contributed by atoms with Gasteiger partial charge in [-0.1, -0.05) is 6.58 Å². The van der Waals surface area contributed by atoms with Crippen molar-refractivity contribution >= 4 is 5.97 Å². The van der Waals surface area contributed by atoms with Crippen LogP contribution in [0.5, 0.6) is 0 Å². The summed E-state index contributed by atoms with van der Waals surface area (Å²) in [6, 6.07) is 0. The number of carbonyl (C=O) groups is 1. The smallest absolute Gasteiger partial charge is 0.333 e. The minimum absolute atomic E-state index is 0.350. The maximum atomic E-state index is 11.1. The number of nitrogens with zero attached hydrogens (tertiary/aromatic N) is 2. The molecular weight excluding hydrogens is 256 g/mol. The van der Waals surface area contributed by atoms with Gasteiger partial charge in [-0.15, -0.1) is 0 Å². The van der Waals surface area contributed by atoms with Crippen molar-refractivity contribution < 1.29 is 24.2 Å². The molecule has 0 saturated heterocycles. The molecule has 0 aliphatic carbocycles. The van der Waals surface area contributed by atoms with Crippen LogP contribution in [-0.4, -0.2) is 60.5 Å². The van der Waals surface area contributed by atoms with Crippen LogP contribution >= 0.6 is 0 Å². The van der Waals surface area contributed by atoms with Crippen LogP contribution in [0.2, 0.25) is 0 Å². The van der Waals surface area contributed by atoms with Gasteiger partial charge in [-0.05, 0) is 13.8 Å². The van der Waals surface area contributed by atoms with Gasteiger partial charge in [-0.2, -0.15) is 0 Å². The fraction of sp³-hybridized carbons (Fsp3) is 0.727. The van der Waals surface area contributed by atoms with Gasteiger partial charge < -0.3 is 29.6 Å². The second-order valence-corrected chi connectivity index (χ2v) is 4.83. The molecule has 0 fully saturated rings. The topological polar surface area (TPSA) is 113 Å². The monoisotopic (exact) mass is 278 g/mol. The van der Waals surface area contributed by atoms with E-state index in [1.807, 2.05) is 14.1 Å². The normalized spacial score (nSPS) is 11.8. The van der Waals surface area contributed by atoms with Crippen molar-refractivity contribution in [2.45, 2.75) is 20.0 Å². The number of hydrogen-bond donors (Lipinski definition) is 1. The molecule has 112 valence electrons. The zero-order valence-electron chi connectivity index (χ0n) is 11.8. The summed E-state index contributed by atoms with van der Waals surface area (Å²) in [7, 11) is 3.97. The zero-order valence-corrected chi connectivity index (χ0v) is 11.8. The van der Waals surface area contributed by atoms with Gasteiger partial charge in [0.25, 0.3) is 0 Å². The van der Waals surface area contributed by atoms with Crippen LogP contribution in [0.1, 0.15) is 13.8 Å². The first-order valence-electron chi connectivity index (χ1n) is 5.62. The first-order valence-corrected chi connectivity index (χ1v) is 5.62. The van der Waals surface area contributed by atoms with Crippen molar-refractivity contribution in [3.05, 3.63) is 27.5 Å². The Morgan fingerprint density at radius 1 is 1.47 bits per heavy atom. The van der Waals surface area contributed by atoms with Crippen LogP contribution in [0.15, 0.2) is 12.2 Å². The lowest BCUT2D eigenvalue weighted by atomic mass is 10.3. The van der Waals surface area contributed by atoms with Crippen molar-refractivity contribution in [1.29, 1.82) is 0 Å². The number of aliphatic hydroxyl groups excluding tert-OH is 1. The van der Waals surface area contributed by atoms with Crippen LogP contribution in [0.25, 0.3) is 0 Å². The SMILES string of the molecule is C=C(C)C(=O)OCC[N+](C)(C)CC(C)O.O=[N+]([O-])[O-]. The van der Waals surface area contributed by atoms with E-state index in [0.717, 1.165) is 0 Å². The number of likely N-dealkylation sites (N-methyl/N-ethyl adjacent to an activating group) is 1. The van der Waals surface area contributed by atoms with E-state index >= 15 is 0 Å². The third-order valence-corrected chi connectivity index (χ3v) is 2.04. The van der Waals surface area contributed by atoms with E-state index < -0.39 is 5.09 Å². The largest absolute Gasteiger partial charge is 0.456 e. The fourth-order valence-electron chi connectivity index (χ4n) is 1.32. The first kappa shape index (κ1) is 19.7. The quantitative estimate of drug-likeness (QED) is 0.246. The number of aliphatic hydroxyl groups is 1. The Kier molecular flexibility index (Phi) is 9.61. The maximum absolute atomic E-state index is 11.1. The van der Waals surface area contributed by atoms with E-state index in [4.69, 9.17) is 20.1 Å². The number of quaternary nitrogens is 1. The van der Waals surface area contributed by atoms with Crippen LogP contribution in [-0.2, 0) is 9.53 Å². The minimum atomic E-state index is -1.75. The Bertz CT molecular complexity index is 310. The molecule has 0 aliphatic heterocycles. The second kappa shape index (κ2) is 9.29. The fourth-order valence-corrected chi connectivity index (χ4v) is 1.32. The molecular formula is C11H22N2O6. The van der Waals surface area contributed by atoms with E-state index in [9.17, 15) is 9.90 Å². The summed E-state index contributed by atoms with van der Waals surface area (Å²) in [6.45, 7) is 8.55. The molecule has 19 heavy (non-hydrogen) atoms. The second-order valence-electron chi connectivity index (χ2n) is 4.83. The predicted molar refractivity (Wildman–Crippen MR) is 69.7 cm³/mol. The van der Waals surface area contributed by atoms with Crippen molar-refractivity contribution in [2.24, 2.45) is 0 Å². The Hall–Kier alpha value is -1.67. The minimum Gasteiger partial charge on any atom is -0.456 e.